The second-order valence-electron chi connectivity index (χ2n) is 4.10. The van der Waals surface area contributed by atoms with E-state index in [1.54, 1.807) is 6.92 Å². The molecule has 0 spiro atoms. The van der Waals surface area contributed by atoms with E-state index < -0.39 is 21.9 Å². The van der Waals surface area contributed by atoms with Crippen LogP contribution in [0.2, 0.25) is 0 Å². The number of nitrogens with zero attached hydrogens (tertiary/aromatic N) is 1. The van der Waals surface area contributed by atoms with Crippen LogP contribution in [-0.4, -0.2) is 44.3 Å². The minimum absolute atomic E-state index is 0.110. The molecule has 0 radical (unpaired) electrons. The average molecular weight is 298 g/mol. The van der Waals surface area contributed by atoms with Crippen LogP contribution in [-0.2, 0) is 24.3 Å². The number of amides is 1. The van der Waals surface area contributed by atoms with E-state index in [0.717, 1.165) is 0 Å². The number of nitrogens with one attached hydrogen (secondary N) is 1. The molecule has 1 aliphatic heterocycles. The molecular formula is C12H14N2O5S. The van der Waals surface area contributed by atoms with E-state index in [4.69, 9.17) is 0 Å². The molecule has 0 saturated carbocycles. The molecule has 1 heterocycles. The fraction of sp³-hybridized carbons (Fsp3) is 0.333. The van der Waals surface area contributed by atoms with Crippen LogP contribution < -0.4 is 5.32 Å². The Kier molecular flexibility index (Phi) is 4.05. The summed E-state index contributed by atoms with van der Waals surface area (Å²) in [5.74, 6) is -1.87. The summed E-state index contributed by atoms with van der Waals surface area (Å²) in [6.45, 7) is 2.77. The largest absolute Gasteiger partial charge is 0.459 e. The second-order valence-corrected chi connectivity index (χ2v) is 6.04. The molecule has 0 bridgehead atoms. The number of sulfonamides is 1. The quantitative estimate of drug-likeness (QED) is 0.487. The van der Waals surface area contributed by atoms with Crippen molar-refractivity contribution in [2.45, 2.75) is 11.8 Å². The summed E-state index contributed by atoms with van der Waals surface area (Å²) >= 11 is 0. The van der Waals surface area contributed by atoms with E-state index >= 15 is 0 Å². The molecule has 0 aliphatic carbocycles. The van der Waals surface area contributed by atoms with Crippen LogP contribution in [0.5, 0.6) is 0 Å². The van der Waals surface area contributed by atoms with Crippen molar-refractivity contribution in [1.82, 2.24) is 4.31 Å². The van der Waals surface area contributed by atoms with E-state index in [-0.39, 0.29) is 11.5 Å². The van der Waals surface area contributed by atoms with E-state index in [9.17, 15) is 18.0 Å². The number of esters is 1. The zero-order chi connectivity index (χ0) is 14.8. The summed E-state index contributed by atoms with van der Waals surface area (Å²) in [7, 11) is -3.41. The van der Waals surface area contributed by atoms with Crippen LogP contribution in [0.1, 0.15) is 6.92 Å². The molecule has 1 saturated heterocycles. The molecule has 8 heteroatoms. The molecule has 1 fully saturated rings. The van der Waals surface area contributed by atoms with Crippen molar-refractivity contribution in [1.29, 1.82) is 0 Å². The van der Waals surface area contributed by atoms with Crippen LogP contribution in [0.25, 0.3) is 0 Å². The number of anilines is 1. The summed E-state index contributed by atoms with van der Waals surface area (Å²) in [5, 5.41) is 2.33. The predicted octanol–water partition coefficient (Wildman–Crippen LogP) is 0.192. The number of ether oxygens (including phenoxy) is 1. The lowest BCUT2D eigenvalue weighted by Gasteiger charge is -2.07. The van der Waals surface area contributed by atoms with Crippen molar-refractivity contribution >= 4 is 27.6 Å². The van der Waals surface area contributed by atoms with Gasteiger partial charge in [0.25, 0.3) is 0 Å². The Labute approximate surface area is 116 Å². The fourth-order valence-electron chi connectivity index (χ4n) is 1.52. The lowest BCUT2D eigenvalue weighted by molar-refractivity contribution is -0.152. The molecule has 1 N–H and O–H groups in total. The number of benzene rings is 1. The summed E-state index contributed by atoms with van der Waals surface area (Å²) < 4.78 is 29.6. The summed E-state index contributed by atoms with van der Waals surface area (Å²) in [5.41, 5.74) is 0.327. The van der Waals surface area contributed by atoms with Gasteiger partial charge >= 0.3 is 11.9 Å². The van der Waals surface area contributed by atoms with Crippen molar-refractivity contribution in [3.63, 3.8) is 0 Å². The van der Waals surface area contributed by atoms with Gasteiger partial charge in [0.1, 0.15) is 0 Å². The standard InChI is InChI=1S/C12H14N2O5S/c1-2-19-12(16)11(15)13-9-3-5-10(6-4-9)20(17,18)14-7-8-14/h3-6H,2,7-8H2,1H3,(H,13,15). The fourth-order valence-corrected chi connectivity index (χ4v) is 2.86. The van der Waals surface area contributed by atoms with Gasteiger partial charge in [-0.15, -0.1) is 0 Å². The molecule has 1 aliphatic rings. The smallest absolute Gasteiger partial charge is 0.397 e. The third-order valence-corrected chi connectivity index (χ3v) is 4.53. The van der Waals surface area contributed by atoms with Crippen LogP contribution in [0.4, 0.5) is 5.69 Å². The molecule has 1 aromatic rings. The first-order valence-corrected chi connectivity index (χ1v) is 7.47. The third kappa shape index (κ3) is 3.14. The molecule has 7 nitrogen and oxygen atoms in total. The van der Waals surface area contributed by atoms with Crippen molar-refractivity contribution < 1.29 is 22.7 Å². The highest BCUT2D eigenvalue weighted by atomic mass is 32.2. The molecule has 108 valence electrons. The Bertz CT molecular complexity index is 620. The lowest BCUT2D eigenvalue weighted by atomic mass is 10.3. The minimum atomic E-state index is -3.41. The van der Waals surface area contributed by atoms with Gasteiger partial charge in [-0.1, -0.05) is 0 Å². The molecule has 0 aromatic heterocycles. The first kappa shape index (κ1) is 14.5. The Morgan fingerprint density at radius 1 is 1.25 bits per heavy atom. The van der Waals surface area contributed by atoms with Crippen molar-refractivity contribution in [2.75, 3.05) is 25.0 Å². The lowest BCUT2D eigenvalue weighted by Crippen LogP contribution is -2.25. The molecule has 20 heavy (non-hydrogen) atoms. The van der Waals surface area contributed by atoms with Gasteiger partial charge in [-0.25, -0.2) is 13.2 Å². The van der Waals surface area contributed by atoms with Gasteiger partial charge in [-0.3, -0.25) is 4.79 Å². The maximum absolute atomic E-state index is 11.9. The van der Waals surface area contributed by atoms with Gasteiger partial charge in [-0.05, 0) is 31.2 Å². The molecule has 0 atom stereocenters. The highest BCUT2D eigenvalue weighted by Crippen LogP contribution is 2.22. The summed E-state index contributed by atoms with van der Waals surface area (Å²) in [6.07, 6.45) is 0. The number of rotatable bonds is 4. The van der Waals surface area contributed by atoms with E-state index in [0.29, 0.717) is 18.8 Å². The normalized spacial score (nSPS) is 14.7. The number of carbonyl (C=O) groups is 2. The van der Waals surface area contributed by atoms with Gasteiger partial charge in [0.05, 0.1) is 11.5 Å². The highest BCUT2D eigenvalue weighted by molar-refractivity contribution is 7.89. The van der Waals surface area contributed by atoms with Gasteiger partial charge in [0.2, 0.25) is 10.0 Å². The first-order chi connectivity index (χ1) is 9.45. The van der Waals surface area contributed by atoms with Gasteiger partial charge in [-0.2, -0.15) is 4.31 Å². The topological polar surface area (TPSA) is 92.5 Å². The summed E-state index contributed by atoms with van der Waals surface area (Å²) in [6, 6.07) is 5.61. The Morgan fingerprint density at radius 2 is 1.85 bits per heavy atom. The maximum Gasteiger partial charge on any atom is 0.397 e. The molecule has 1 aromatic carbocycles. The third-order valence-electron chi connectivity index (χ3n) is 2.62. The average Bonchev–Trinajstić information content (AvgIpc) is 3.24. The van der Waals surface area contributed by atoms with E-state index in [2.05, 4.69) is 10.1 Å². The maximum atomic E-state index is 11.9. The molecule has 1 amide bonds. The second kappa shape index (κ2) is 5.59. The number of hydrogen-bond acceptors (Lipinski definition) is 5. The first-order valence-electron chi connectivity index (χ1n) is 6.03. The van der Waals surface area contributed by atoms with Crippen LogP contribution in [0, 0.1) is 0 Å². The molecular weight excluding hydrogens is 284 g/mol. The van der Waals surface area contributed by atoms with Crippen LogP contribution in [0.15, 0.2) is 29.2 Å². The Hall–Kier alpha value is -1.93. The Morgan fingerprint density at radius 3 is 2.35 bits per heavy atom. The van der Waals surface area contributed by atoms with Crippen LogP contribution >= 0.6 is 0 Å². The minimum Gasteiger partial charge on any atom is -0.459 e. The van der Waals surface area contributed by atoms with Gasteiger partial charge < -0.3 is 10.1 Å². The van der Waals surface area contributed by atoms with E-state index in [1.807, 2.05) is 0 Å². The molecule has 0 unspecified atom stereocenters. The van der Waals surface area contributed by atoms with Crippen molar-refractivity contribution in [3.8, 4) is 0 Å². The molecule has 2 rings (SSSR count). The zero-order valence-corrected chi connectivity index (χ0v) is 11.6. The zero-order valence-electron chi connectivity index (χ0n) is 10.8. The van der Waals surface area contributed by atoms with Gasteiger partial charge in [0, 0.05) is 18.8 Å². The highest BCUT2D eigenvalue weighted by Gasteiger charge is 2.33. The monoisotopic (exact) mass is 298 g/mol. The number of hydrogen-bond donors (Lipinski definition) is 1. The van der Waals surface area contributed by atoms with E-state index in [1.165, 1.54) is 28.6 Å². The predicted molar refractivity (Wildman–Crippen MR) is 70.5 cm³/mol. The van der Waals surface area contributed by atoms with Gasteiger partial charge in [0.15, 0.2) is 0 Å². The SMILES string of the molecule is CCOC(=O)C(=O)Nc1ccc(S(=O)(=O)N2CC2)cc1. The van der Waals surface area contributed by atoms with Crippen LogP contribution in [0.3, 0.4) is 0 Å². The number of carbonyl (C=O) groups excluding carboxylic acids is 2. The Balaban J connectivity index is 2.05. The van der Waals surface area contributed by atoms with Crippen molar-refractivity contribution in [3.05, 3.63) is 24.3 Å². The summed E-state index contributed by atoms with van der Waals surface area (Å²) in [4.78, 5) is 22.7. The van der Waals surface area contributed by atoms with Crippen molar-refractivity contribution in [2.24, 2.45) is 0 Å².